The van der Waals surface area contributed by atoms with Gasteiger partial charge in [0.05, 0.1) is 12.0 Å². The Hall–Kier alpha value is -1.76. The number of unbranched alkanes of at least 4 members (excludes halogenated alkanes) is 13. The molecule has 0 spiro atoms. The van der Waals surface area contributed by atoms with E-state index < -0.39 is 11.9 Å². The Morgan fingerprint density at radius 2 is 1.24 bits per heavy atom. The van der Waals surface area contributed by atoms with E-state index in [0.717, 1.165) is 38.5 Å². The summed E-state index contributed by atoms with van der Waals surface area (Å²) in [4.78, 5) is 47.8. The molecular formula is C31H58N2O5. The molecule has 0 saturated carbocycles. The van der Waals surface area contributed by atoms with Gasteiger partial charge in [0.2, 0.25) is 5.91 Å². The predicted octanol–water partition coefficient (Wildman–Crippen LogP) is 6.76. The van der Waals surface area contributed by atoms with Gasteiger partial charge in [-0.3, -0.25) is 19.2 Å². The third-order valence-corrected chi connectivity index (χ3v) is 7.43. The molecule has 0 unspecified atom stereocenters. The van der Waals surface area contributed by atoms with Gasteiger partial charge in [0.15, 0.2) is 0 Å². The van der Waals surface area contributed by atoms with Crippen LogP contribution >= 0.6 is 0 Å². The smallest absolute Gasteiger partial charge is 0.306 e. The number of carboxylic acids is 1. The van der Waals surface area contributed by atoms with E-state index in [-0.39, 0.29) is 42.8 Å². The number of hydrogen-bond acceptors (Lipinski definition) is 5. The lowest BCUT2D eigenvalue weighted by Gasteiger charge is -2.14. The van der Waals surface area contributed by atoms with Crippen molar-refractivity contribution in [2.24, 2.45) is 5.92 Å². The monoisotopic (exact) mass is 538 g/mol. The van der Waals surface area contributed by atoms with Gasteiger partial charge in [-0.25, -0.2) is 0 Å². The lowest BCUT2D eigenvalue weighted by atomic mass is 9.94. The van der Waals surface area contributed by atoms with Gasteiger partial charge in [-0.1, -0.05) is 90.9 Å². The third-order valence-electron chi connectivity index (χ3n) is 7.43. The second-order valence-electron chi connectivity index (χ2n) is 10.8. The molecule has 0 aliphatic carbocycles. The highest BCUT2D eigenvalue weighted by Gasteiger charge is 2.22. The van der Waals surface area contributed by atoms with Crippen LogP contribution in [0.15, 0.2) is 0 Å². The van der Waals surface area contributed by atoms with E-state index in [1.165, 1.54) is 64.2 Å². The van der Waals surface area contributed by atoms with Crippen LogP contribution in [-0.4, -0.2) is 48.2 Å². The maximum absolute atomic E-state index is 12.3. The molecule has 7 heteroatoms. The number of likely N-dealkylation sites (N-methyl/N-ethyl adjacent to an activating group) is 1. The Kier molecular flexibility index (Phi) is 24.3. The second kappa shape index (κ2) is 25.5. The highest BCUT2D eigenvalue weighted by Crippen LogP contribution is 2.17. The minimum atomic E-state index is -1.00. The first-order valence-corrected chi connectivity index (χ1v) is 15.6. The van der Waals surface area contributed by atoms with Gasteiger partial charge >= 0.3 is 5.97 Å². The zero-order chi connectivity index (χ0) is 28.4. The van der Waals surface area contributed by atoms with Crippen molar-refractivity contribution in [2.45, 2.75) is 155 Å². The molecule has 1 amide bonds. The molecule has 38 heavy (non-hydrogen) atoms. The molecule has 222 valence electrons. The van der Waals surface area contributed by atoms with E-state index in [9.17, 15) is 24.3 Å². The lowest BCUT2D eigenvalue weighted by Crippen LogP contribution is -2.33. The van der Waals surface area contributed by atoms with Gasteiger partial charge in [-0.15, -0.1) is 0 Å². The Morgan fingerprint density at radius 1 is 0.684 bits per heavy atom. The fourth-order valence-electron chi connectivity index (χ4n) is 4.84. The molecule has 0 heterocycles. The van der Waals surface area contributed by atoms with E-state index in [1.807, 2.05) is 6.92 Å². The zero-order valence-electron chi connectivity index (χ0n) is 24.8. The molecule has 0 saturated heterocycles. The van der Waals surface area contributed by atoms with E-state index in [4.69, 9.17) is 0 Å². The topological polar surface area (TPSA) is 113 Å². The molecule has 0 aromatic heterocycles. The van der Waals surface area contributed by atoms with Crippen LogP contribution in [-0.2, 0) is 19.2 Å². The minimum Gasteiger partial charge on any atom is -0.481 e. The SMILES string of the molecule is CCCCCCCCCCCCCCCC(=O)C[C@@H](CCC(=O)NCCCC[C@H](NC)C(=O)CC)C(=O)O. The number of hydrogen-bond donors (Lipinski definition) is 3. The van der Waals surface area contributed by atoms with Crippen LogP contribution in [0.4, 0.5) is 0 Å². The number of Topliss-reactive ketones (excluding diaryl/α,β-unsaturated/α-hetero) is 2. The maximum Gasteiger partial charge on any atom is 0.306 e. The molecule has 0 aliphatic rings. The van der Waals surface area contributed by atoms with Crippen LogP contribution in [0.3, 0.4) is 0 Å². The lowest BCUT2D eigenvalue weighted by molar-refractivity contribution is -0.144. The predicted molar refractivity (Wildman–Crippen MR) is 155 cm³/mol. The van der Waals surface area contributed by atoms with Gasteiger partial charge in [0, 0.05) is 32.2 Å². The average Bonchev–Trinajstić information content (AvgIpc) is 2.90. The molecule has 0 aromatic carbocycles. The summed E-state index contributed by atoms with van der Waals surface area (Å²) in [5, 5.41) is 15.3. The van der Waals surface area contributed by atoms with E-state index in [1.54, 1.807) is 7.05 Å². The Bertz CT molecular complexity index is 638. The second-order valence-corrected chi connectivity index (χ2v) is 10.8. The van der Waals surface area contributed by atoms with Gasteiger partial charge in [-0.2, -0.15) is 0 Å². The van der Waals surface area contributed by atoms with Crippen molar-refractivity contribution < 1.29 is 24.3 Å². The number of nitrogens with one attached hydrogen (secondary N) is 2. The van der Waals surface area contributed by atoms with Crippen LogP contribution in [0.2, 0.25) is 0 Å². The van der Waals surface area contributed by atoms with Crippen LogP contribution in [0.5, 0.6) is 0 Å². The normalized spacial score (nSPS) is 12.7. The van der Waals surface area contributed by atoms with Gasteiger partial charge < -0.3 is 15.7 Å². The van der Waals surface area contributed by atoms with Crippen molar-refractivity contribution in [3.05, 3.63) is 0 Å². The summed E-state index contributed by atoms with van der Waals surface area (Å²) in [6, 6.07) is -0.135. The number of ketones is 2. The first-order valence-electron chi connectivity index (χ1n) is 15.6. The summed E-state index contributed by atoms with van der Waals surface area (Å²) in [6.45, 7) is 4.60. The Balaban J connectivity index is 3.85. The molecule has 0 bridgehead atoms. The number of amides is 1. The zero-order valence-corrected chi connectivity index (χ0v) is 24.8. The maximum atomic E-state index is 12.3. The van der Waals surface area contributed by atoms with E-state index in [2.05, 4.69) is 17.6 Å². The molecule has 0 radical (unpaired) electrons. The summed E-state index contributed by atoms with van der Waals surface area (Å²) < 4.78 is 0. The molecular weight excluding hydrogens is 480 g/mol. The van der Waals surface area contributed by atoms with Crippen LogP contribution < -0.4 is 10.6 Å². The van der Waals surface area contributed by atoms with Gasteiger partial charge in [0.1, 0.15) is 11.6 Å². The molecule has 0 aromatic rings. The molecule has 0 aliphatic heterocycles. The van der Waals surface area contributed by atoms with Crippen molar-refractivity contribution in [1.29, 1.82) is 0 Å². The van der Waals surface area contributed by atoms with Crippen LogP contribution in [0, 0.1) is 5.92 Å². The number of carbonyl (C=O) groups is 4. The fourth-order valence-corrected chi connectivity index (χ4v) is 4.84. The van der Waals surface area contributed by atoms with Crippen LogP contribution in [0.25, 0.3) is 0 Å². The number of carbonyl (C=O) groups excluding carboxylic acids is 3. The van der Waals surface area contributed by atoms with Gasteiger partial charge in [0.25, 0.3) is 0 Å². The number of carboxylic acid groups (broad SMARTS) is 1. The minimum absolute atomic E-state index is 0.0116. The van der Waals surface area contributed by atoms with Crippen molar-refractivity contribution >= 4 is 23.4 Å². The third kappa shape index (κ3) is 21.2. The van der Waals surface area contributed by atoms with E-state index >= 15 is 0 Å². The first-order chi connectivity index (χ1) is 18.3. The fraction of sp³-hybridized carbons (Fsp3) is 0.871. The molecule has 0 rings (SSSR count). The highest BCUT2D eigenvalue weighted by molar-refractivity contribution is 5.84. The molecule has 7 nitrogen and oxygen atoms in total. The summed E-state index contributed by atoms with van der Waals surface area (Å²) in [5.74, 6) is -1.81. The standard InChI is InChI=1S/C31H58N2O5/c1-4-6-7-8-9-10-11-12-13-14-15-16-17-20-27(34)25-26(31(37)38)22-23-30(36)33-24-19-18-21-28(32-3)29(35)5-2/h26,28,32H,4-25H2,1-3H3,(H,33,36)(H,37,38)/t26-,28+/m1/s1. The van der Waals surface area contributed by atoms with Crippen molar-refractivity contribution in [3.63, 3.8) is 0 Å². The van der Waals surface area contributed by atoms with Crippen molar-refractivity contribution in [2.75, 3.05) is 13.6 Å². The molecule has 2 atom stereocenters. The van der Waals surface area contributed by atoms with Gasteiger partial charge in [-0.05, 0) is 39.2 Å². The first kappa shape index (κ1) is 36.2. The summed E-state index contributed by atoms with van der Waals surface area (Å²) in [6.07, 6.45) is 19.8. The average molecular weight is 539 g/mol. The quantitative estimate of drug-likeness (QED) is 0.0949. The Morgan fingerprint density at radius 3 is 1.74 bits per heavy atom. The largest absolute Gasteiger partial charge is 0.481 e. The highest BCUT2D eigenvalue weighted by atomic mass is 16.4. The van der Waals surface area contributed by atoms with E-state index in [0.29, 0.717) is 19.4 Å². The Labute approximate surface area is 232 Å². The molecule has 3 N–H and O–H groups in total. The number of rotatable bonds is 28. The molecule has 0 fully saturated rings. The van der Waals surface area contributed by atoms with Crippen LogP contribution in [0.1, 0.15) is 149 Å². The summed E-state index contributed by atoms with van der Waals surface area (Å²) in [7, 11) is 1.78. The summed E-state index contributed by atoms with van der Waals surface area (Å²) >= 11 is 0. The number of aliphatic carboxylic acids is 1. The van der Waals surface area contributed by atoms with Crippen molar-refractivity contribution in [3.8, 4) is 0 Å². The van der Waals surface area contributed by atoms with Crippen molar-refractivity contribution in [1.82, 2.24) is 10.6 Å². The summed E-state index contributed by atoms with van der Waals surface area (Å²) in [5.41, 5.74) is 0.